The van der Waals surface area contributed by atoms with E-state index in [1.54, 1.807) is 0 Å². The van der Waals surface area contributed by atoms with E-state index in [0.29, 0.717) is 12.0 Å². The molecule has 1 N–H and O–H groups in total. The Morgan fingerprint density at radius 1 is 1.10 bits per heavy atom. The van der Waals surface area contributed by atoms with E-state index in [9.17, 15) is 0 Å². The fourth-order valence-electron chi connectivity index (χ4n) is 4.99. The summed E-state index contributed by atoms with van der Waals surface area (Å²) in [5.74, 6) is 0.715. The molecule has 2 atom stereocenters. The van der Waals surface area contributed by atoms with Crippen molar-refractivity contribution in [1.29, 1.82) is 0 Å². The van der Waals surface area contributed by atoms with Gasteiger partial charge in [0.2, 0.25) is 0 Å². The predicted molar refractivity (Wildman–Crippen MR) is 80.9 cm³/mol. The normalized spacial score (nSPS) is 33.6. The zero-order valence-corrected chi connectivity index (χ0v) is 13.2. The maximum Gasteiger partial charge on any atom is 0.0833 e. The SMILES string of the molecule is CNC(C1CCOC2(CCCCC2)C1)C1(OC)CCC1. The zero-order valence-electron chi connectivity index (χ0n) is 13.2. The molecule has 1 saturated heterocycles. The van der Waals surface area contributed by atoms with Crippen LogP contribution in [0.2, 0.25) is 0 Å². The van der Waals surface area contributed by atoms with Crippen LogP contribution in [0.5, 0.6) is 0 Å². The van der Waals surface area contributed by atoms with Crippen LogP contribution in [0, 0.1) is 5.92 Å². The van der Waals surface area contributed by atoms with Gasteiger partial charge in [0.25, 0.3) is 0 Å². The van der Waals surface area contributed by atoms with Gasteiger partial charge in [-0.05, 0) is 57.9 Å². The molecule has 3 rings (SSSR count). The quantitative estimate of drug-likeness (QED) is 0.858. The molecule has 2 saturated carbocycles. The van der Waals surface area contributed by atoms with Crippen LogP contribution in [0.15, 0.2) is 0 Å². The van der Waals surface area contributed by atoms with E-state index >= 15 is 0 Å². The summed E-state index contributed by atoms with van der Waals surface area (Å²) in [4.78, 5) is 0. The third kappa shape index (κ3) is 2.53. The highest BCUT2D eigenvalue weighted by molar-refractivity contribution is 5.04. The second-order valence-electron chi connectivity index (χ2n) is 7.23. The van der Waals surface area contributed by atoms with Crippen molar-refractivity contribution >= 4 is 0 Å². The predicted octanol–water partition coefficient (Wildman–Crippen LogP) is 3.27. The zero-order chi connectivity index (χ0) is 14.1. The van der Waals surface area contributed by atoms with E-state index in [1.165, 1.54) is 64.2 Å². The molecular formula is C17H31NO2. The van der Waals surface area contributed by atoms with Gasteiger partial charge in [-0.1, -0.05) is 19.3 Å². The van der Waals surface area contributed by atoms with Gasteiger partial charge in [0.1, 0.15) is 0 Å². The number of rotatable bonds is 4. The summed E-state index contributed by atoms with van der Waals surface area (Å²) < 4.78 is 12.2. The summed E-state index contributed by atoms with van der Waals surface area (Å²) in [5, 5.41) is 3.61. The topological polar surface area (TPSA) is 30.5 Å². The smallest absolute Gasteiger partial charge is 0.0833 e. The second-order valence-corrected chi connectivity index (χ2v) is 7.23. The van der Waals surface area contributed by atoms with E-state index < -0.39 is 0 Å². The van der Waals surface area contributed by atoms with Crippen LogP contribution in [0.3, 0.4) is 0 Å². The second kappa shape index (κ2) is 5.94. The molecule has 0 aromatic carbocycles. The van der Waals surface area contributed by atoms with Crippen LogP contribution >= 0.6 is 0 Å². The molecule has 3 heteroatoms. The molecule has 1 aliphatic heterocycles. The van der Waals surface area contributed by atoms with Crippen LogP contribution in [-0.4, -0.2) is 38.0 Å². The minimum absolute atomic E-state index is 0.104. The van der Waals surface area contributed by atoms with Crippen molar-refractivity contribution < 1.29 is 9.47 Å². The van der Waals surface area contributed by atoms with E-state index in [1.807, 2.05) is 7.11 Å². The van der Waals surface area contributed by atoms with Crippen molar-refractivity contribution in [2.24, 2.45) is 5.92 Å². The van der Waals surface area contributed by atoms with E-state index in [2.05, 4.69) is 12.4 Å². The fourth-order valence-corrected chi connectivity index (χ4v) is 4.99. The fraction of sp³-hybridized carbons (Fsp3) is 1.00. The van der Waals surface area contributed by atoms with Gasteiger partial charge in [-0.25, -0.2) is 0 Å². The standard InChI is InChI=1S/C17H31NO2/c1-18-15(17(19-2)10-6-11-17)14-7-12-20-16(13-14)8-4-3-5-9-16/h14-15,18H,3-13H2,1-2H3. The van der Waals surface area contributed by atoms with Gasteiger partial charge in [-0.2, -0.15) is 0 Å². The average molecular weight is 281 g/mol. The Bertz CT molecular complexity index is 310. The number of hydrogen-bond acceptors (Lipinski definition) is 3. The maximum absolute atomic E-state index is 6.26. The first-order valence-corrected chi connectivity index (χ1v) is 8.60. The molecule has 116 valence electrons. The molecule has 2 aliphatic carbocycles. The number of methoxy groups -OCH3 is 1. The van der Waals surface area contributed by atoms with Gasteiger partial charge in [0, 0.05) is 19.8 Å². The highest BCUT2D eigenvalue weighted by Crippen LogP contribution is 2.47. The summed E-state index contributed by atoms with van der Waals surface area (Å²) in [6.45, 7) is 0.947. The van der Waals surface area contributed by atoms with Gasteiger partial charge in [-0.15, -0.1) is 0 Å². The molecule has 1 heterocycles. The van der Waals surface area contributed by atoms with Crippen molar-refractivity contribution in [3.8, 4) is 0 Å². The van der Waals surface area contributed by atoms with Crippen molar-refractivity contribution in [1.82, 2.24) is 5.32 Å². The highest BCUT2D eigenvalue weighted by Gasteiger charge is 2.50. The molecule has 0 aromatic heterocycles. The number of ether oxygens (including phenoxy) is 2. The highest BCUT2D eigenvalue weighted by atomic mass is 16.5. The number of nitrogens with one attached hydrogen (secondary N) is 1. The Morgan fingerprint density at radius 3 is 2.40 bits per heavy atom. The first kappa shape index (κ1) is 14.8. The van der Waals surface area contributed by atoms with Gasteiger partial charge in [0.15, 0.2) is 0 Å². The van der Waals surface area contributed by atoms with Crippen molar-refractivity contribution in [3.05, 3.63) is 0 Å². The summed E-state index contributed by atoms with van der Waals surface area (Å²) in [7, 11) is 4.02. The molecule has 3 aliphatic rings. The molecule has 0 bridgehead atoms. The third-order valence-electron chi connectivity index (χ3n) is 6.25. The Morgan fingerprint density at radius 2 is 1.85 bits per heavy atom. The maximum atomic E-state index is 6.26. The molecule has 20 heavy (non-hydrogen) atoms. The Balaban J connectivity index is 1.71. The molecule has 0 radical (unpaired) electrons. The Kier molecular flexibility index (Phi) is 4.40. The minimum atomic E-state index is 0.104. The monoisotopic (exact) mass is 281 g/mol. The molecular weight excluding hydrogens is 250 g/mol. The lowest BCUT2D eigenvalue weighted by molar-refractivity contribution is -0.156. The van der Waals surface area contributed by atoms with Crippen molar-refractivity contribution in [2.45, 2.75) is 81.5 Å². The van der Waals surface area contributed by atoms with Gasteiger partial charge < -0.3 is 14.8 Å². The molecule has 2 unspecified atom stereocenters. The van der Waals surface area contributed by atoms with Crippen molar-refractivity contribution in [2.75, 3.05) is 20.8 Å². The van der Waals surface area contributed by atoms with Gasteiger partial charge >= 0.3 is 0 Å². The molecule has 0 aromatic rings. The molecule has 0 amide bonds. The lowest BCUT2D eigenvalue weighted by Crippen LogP contribution is -2.61. The lowest BCUT2D eigenvalue weighted by Gasteiger charge is -2.53. The Hall–Kier alpha value is -0.120. The minimum Gasteiger partial charge on any atom is -0.377 e. The summed E-state index contributed by atoms with van der Waals surface area (Å²) >= 11 is 0. The number of likely N-dealkylation sites (N-methyl/N-ethyl adjacent to an activating group) is 1. The molecule has 3 nitrogen and oxygen atoms in total. The molecule has 3 fully saturated rings. The first-order valence-electron chi connectivity index (χ1n) is 8.60. The van der Waals surface area contributed by atoms with E-state index in [0.717, 1.165) is 6.61 Å². The lowest BCUT2D eigenvalue weighted by atomic mass is 9.65. The van der Waals surface area contributed by atoms with E-state index in [-0.39, 0.29) is 11.2 Å². The van der Waals surface area contributed by atoms with Crippen LogP contribution in [0.1, 0.15) is 64.2 Å². The van der Waals surface area contributed by atoms with Gasteiger partial charge in [-0.3, -0.25) is 0 Å². The van der Waals surface area contributed by atoms with Crippen molar-refractivity contribution in [3.63, 3.8) is 0 Å². The summed E-state index contributed by atoms with van der Waals surface area (Å²) in [6, 6.07) is 0.504. The van der Waals surface area contributed by atoms with Crippen LogP contribution in [-0.2, 0) is 9.47 Å². The van der Waals surface area contributed by atoms with Crippen LogP contribution in [0.25, 0.3) is 0 Å². The van der Waals surface area contributed by atoms with Crippen LogP contribution in [0.4, 0.5) is 0 Å². The molecule has 1 spiro atoms. The largest absolute Gasteiger partial charge is 0.377 e. The summed E-state index contributed by atoms with van der Waals surface area (Å²) in [5.41, 5.74) is 0.307. The van der Waals surface area contributed by atoms with Crippen LogP contribution < -0.4 is 5.32 Å². The third-order valence-corrected chi connectivity index (χ3v) is 6.25. The average Bonchev–Trinajstić information content (AvgIpc) is 2.43. The first-order chi connectivity index (χ1) is 9.74. The Labute approximate surface area is 123 Å². The summed E-state index contributed by atoms with van der Waals surface area (Å²) in [6.07, 6.45) is 12.9. The van der Waals surface area contributed by atoms with E-state index in [4.69, 9.17) is 9.47 Å². The number of hydrogen-bond donors (Lipinski definition) is 1. The van der Waals surface area contributed by atoms with Gasteiger partial charge in [0.05, 0.1) is 11.2 Å².